The molecule has 1 aromatic carbocycles. The average molecular weight is 342 g/mol. The number of nitrogens with one attached hydrogen (secondary N) is 2. The maximum atomic E-state index is 11.9. The first-order valence-electron chi connectivity index (χ1n) is 8.87. The number of hydrogen-bond acceptors (Lipinski definition) is 3. The molecule has 3 N–H and O–H groups in total. The molecule has 0 aliphatic heterocycles. The van der Waals surface area contributed by atoms with Crippen molar-refractivity contribution >= 4 is 6.03 Å². The van der Waals surface area contributed by atoms with Gasteiger partial charge in [-0.1, -0.05) is 30.7 Å². The van der Waals surface area contributed by atoms with Crippen LogP contribution in [0.2, 0.25) is 0 Å². The minimum atomic E-state index is -0.274. The minimum Gasteiger partial charge on any atom is -0.393 e. The van der Waals surface area contributed by atoms with Gasteiger partial charge in [0.25, 0.3) is 0 Å². The molecule has 1 aliphatic rings. The van der Waals surface area contributed by atoms with Crippen molar-refractivity contribution in [1.82, 2.24) is 20.2 Å². The van der Waals surface area contributed by atoms with E-state index in [1.807, 2.05) is 25.3 Å². The zero-order valence-electron chi connectivity index (χ0n) is 14.6. The highest BCUT2D eigenvalue weighted by Crippen LogP contribution is 2.24. The number of benzene rings is 1. The summed E-state index contributed by atoms with van der Waals surface area (Å²) < 4.78 is 2.09. The average Bonchev–Trinajstić information content (AvgIpc) is 3.20. The van der Waals surface area contributed by atoms with Crippen molar-refractivity contribution < 1.29 is 9.90 Å². The Hall–Kier alpha value is -2.34. The van der Waals surface area contributed by atoms with Gasteiger partial charge < -0.3 is 20.3 Å². The van der Waals surface area contributed by atoms with E-state index in [4.69, 9.17) is 0 Å². The second-order valence-electron chi connectivity index (χ2n) is 6.74. The monoisotopic (exact) mass is 342 g/mol. The summed E-state index contributed by atoms with van der Waals surface area (Å²) in [7, 11) is 0. The minimum absolute atomic E-state index is 0.185. The number of urea groups is 1. The number of nitrogens with zero attached hydrogens (tertiary/aromatic N) is 2. The highest BCUT2D eigenvalue weighted by molar-refractivity contribution is 5.73. The van der Waals surface area contributed by atoms with Crippen molar-refractivity contribution in [2.45, 2.75) is 45.4 Å². The van der Waals surface area contributed by atoms with Crippen LogP contribution in [0, 0.1) is 12.8 Å². The largest absolute Gasteiger partial charge is 0.393 e. The van der Waals surface area contributed by atoms with E-state index < -0.39 is 0 Å². The third-order valence-corrected chi connectivity index (χ3v) is 4.86. The van der Waals surface area contributed by atoms with Crippen molar-refractivity contribution in [3.05, 3.63) is 53.6 Å². The van der Waals surface area contributed by atoms with Gasteiger partial charge in [0.1, 0.15) is 5.82 Å². The molecule has 6 nitrogen and oxygen atoms in total. The zero-order valence-corrected chi connectivity index (χ0v) is 14.6. The first kappa shape index (κ1) is 17.5. The lowest BCUT2D eigenvalue weighted by Crippen LogP contribution is -2.39. The Balaban J connectivity index is 1.47. The number of aromatic nitrogens is 2. The standard InChI is InChI=1S/C19H26N4O2/c1-14-20-8-9-23(14)13-16-5-2-4-15(10-16)11-21-19(25)22-12-17-6-3-7-18(17)24/h2,4-5,8-10,17-18,24H,3,6-7,11-13H2,1H3,(H2,21,22,25)/t17-,18-/m0/s1. The Morgan fingerprint density at radius 1 is 1.32 bits per heavy atom. The summed E-state index contributed by atoms with van der Waals surface area (Å²) >= 11 is 0. The molecule has 1 saturated carbocycles. The molecule has 1 aliphatic carbocycles. The Labute approximate surface area is 148 Å². The molecule has 2 amide bonds. The number of amides is 2. The van der Waals surface area contributed by atoms with Crippen LogP contribution in [0.5, 0.6) is 0 Å². The molecule has 1 heterocycles. The summed E-state index contributed by atoms with van der Waals surface area (Å²) in [5.41, 5.74) is 2.24. The Kier molecular flexibility index (Phi) is 5.71. The summed E-state index contributed by atoms with van der Waals surface area (Å²) in [4.78, 5) is 16.2. The fourth-order valence-corrected chi connectivity index (χ4v) is 3.33. The topological polar surface area (TPSA) is 79.2 Å². The van der Waals surface area contributed by atoms with Gasteiger partial charge in [0.05, 0.1) is 6.10 Å². The molecule has 134 valence electrons. The predicted octanol–water partition coefficient (Wildman–Crippen LogP) is 2.20. The molecule has 0 radical (unpaired) electrons. The Morgan fingerprint density at radius 2 is 2.16 bits per heavy atom. The number of aliphatic hydroxyl groups excluding tert-OH is 1. The normalized spacial score (nSPS) is 19.8. The van der Waals surface area contributed by atoms with Gasteiger partial charge in [-0.15, -0.1) is 0 Å². The molecule has 2 atom stereocenters. The van der Waals surface area contributed by atoms with E-state index in [1.165, 1.54) is 5.56 Å². The van der Waals surface area contributed by atoms with Crippen LogP contribution in [-0.4, -0.2) is 33.3 Å². The van der Waals surface area contributed by atoms with Gasteiger partial charge >= 0.3 is 6.03 Å². The molecule has 0 saturated heterocycles. The van der Waals surface area contributed by atoms with Crippen molar-refractivity contribution in [2.75, 3.05) is 6.54 Å². The number of hydrogen-bond donors (Lipinski definition) is 3. The number of aliphatic hydroxyl groups is 1. The number of aryl methyl sites for hydroxylation is 1. The number of carbonyl (C=O) groups is 1. The van der Waals surface area contributed by atoms with Crippen molar-refractivity contribution in [3.63, 3.8) is 0 Å². The summed E-state index contributed by atoms with van der Waals surface area (Å²) in [5.74, 6) is 1.17. The van der Waals surface area contributed by atoms with Gasteiger partial charge in [-0.2, -0.15) is 0 Å². The van der Waals surface area contributed by atoms with E-state index in [9.17, 15) is 9.90 Å². The molecule has 1 fully saturated rings. The third-order valence-electron chi connectivity index (χ3n) is 4.86. The molecule has 25 heavy (non-hydrogen) atoms. The van der Waals surface area contributed by atoms with Crippen molar-refractivity contribution in [2.24, 2.45) is 5.92 Å². The quantitative estimate of drug-likeness (QED) is 0.753. The van der Waals surface area contributed by atoms with E-state index in [1.54, 1.807) is 6.20 Å². The molecule has 0 spiro atoms. The fourth-order valence-electron chi connectivity index (χ4n) is 3.33. The van der Waals surface area contributed by atoms with Gasteiger partial charge in [0, 0.05) is 37.9 Å². The molecule has 1 aromatic heterocycles. The second-order valence-corrected chi connectivity index (χ2v) is 6.74. The lowest BCUT2D eigenvalue weighted by Gasteiger charge is -2.15. The SMILES string of the molecule is Cc1nccn1Cc1cccc(CNC(=O)NC[C@@H]2CCC[C@@H]2O)c1. The van der Waals surface area contributed by atoms with Crippen LogP contribution in [0.4, 0.5) is 4.79 Å². The second kappa shape index (κ2) is 8.16. The zero-order chi connectivity index (χ0) is 17.6. The van der Waals surface area contributed by atoms with Crippen molar-refractivity contribution in [3.8, 4) is 0 Å². The van der Waals surface area contributed by atoms with Crippen LogP contribution in [-0.2, 0) is 13.1 Å². The van der Waals surface area contributed by atoms with E-state index in [-0.39, 0.29) is 18.1 Å². The van der Waals surface area contributed by atoms with E-state index >= 15 is 0 Å². The van der Waals surface area contributed by atoms with Gasteiger partial charge in [0.2, 0.25) is 0 Å². The fraction of sp³-hybridized carbons (Fsp3) is 0.474. The highest BCUT2D eigenvalue weighted by atomic mass is 16.3. The van der Waals surface area contributed by atoms with Crippen LogP contribution in [0.3, 0.4) is 0 Å². The van der Waals surface area contributed by atoms with Crippen LogP contribution in [0.25, 0.3) is 0 Å². The number of rotatable bonds is 6. The Morgan fingerprint density at radius 3 is 2.88 bits per heavy atom. The smallest absolute Gasteiger partial charge is 0.315 e. The van der Waals surface area contributed by atoms with Crippen LogP contribution in [0.1, 0.15) is 36.2 Å². The molecular formula is C19H26N4O2. The third kappa shape index (κ3) is 4.82. The Bertz CT molecular complexity index is 713. The molecule has 2 aromatic rings. The number of carbonyl (C=O) groups excluding carboxylic acids is 1. The molecule has 3 rings (SSSR count). The molecule has 6 heteroatoms. The predicted molar refractivity (Wildman–Crippen MR) is 96.1 cm³/mol. The maximum Gasteiger partial charge on any atom is 0.315 e. The first-order valence-corrected chi connectivity index (χ1v) is 8.87. The van der Waals surface area contributed by atoms with Gasteiger partial charge in [-0.05, 0) is 30.9 Å². The molecule has 0 unspecified atom stereocenters. The van der Waals surface area contributed by atoms with Crippen LogP contribution >= 0.6 is 0 Å². The van der Waals surface area contributed by atoms with E-state index in [0.29, 0.717) is 13.1 Å². The first-order chi connectivity index (χ1) is 12.1. The lowest BCUT2D eigenvalue weighted by molar-refractivity contribution is 0.132. The summed E-state index contributed by atoms with van der Waals surface area (Å²) in [6, 6.07) is 8.00. The highest BCUT2D eigenvalue weighted by Gasteiger charge is 2.25. The summed E-state index contributed by atoms with van der Waals surface area (Å²) in [6.45, 7) is 3.77. The number of imidazole rings is 1. The van der Waals surface area contributed by atoms with Gasteiger partial charge in [-0.3, -0.25) is 0 Å². The van der Waals surface area contributed by atoms with Crippen molar-refractivity contribution in [1.29, 1.82) is 0 Å². The van der Waals surface area contributed by atoms with Crippen LogP contribution < -0.4 is 10.6 Å². The van der Waals surface area contributed by atoms with Gasteiger partial charge in [0.15, 0.2) is 0 Å². The van der Waals surface area contributed by atoms with E-state index in [0.717, 1.165) is 37.2 Å². The molecular weight excluding hydrogens is 316 g/mol. The summed E-state index contributed by atoms with van der Waals surface area (Å²) in [6.07, 6.45) is 6.35. The maximum absolute atomic E-state index is 11.9. The van der Waals surface area contributed by atoms with Crippen LogP contribution in [0.15, 0.2) is 36.7 Å². The van der Waals surface area contributed by atoms with Gasteiger partial charge in [-0.25, -0.2) is 9.78 Å². The molecule has 0 bridgehead atoms. The van der Waals surface area contributed by atoms with E-state index in [2.05, 4.69) is 32.3 Å². The lowest BCUT2D eigenvalue weighted by atomic mass is 10.1. The summed E-state index contributed by atoms with van der Waals surface area (Å²) in [5, 5.41) is 15.5.